The van der Waals surface area contributed by atoms with E-state index in [9.17, 15) is 12.8 Å². The number of hydrogen-bond acceptors (Lipinski definition) is 4. The quantitative estimate of drug-likeness (QED) is 0.799. The average molecular weight is 314 g/mol. The van der Waals surface area contributed by atoms with Crippen LogP contribution in [0.15, 0.2) is 21.8 Å². The highest BCUT2D eigenvalue weighted by molar-refractivity contribution is 9.10. The molecule has 1 rings (SSSR count). The van der Waals surface area contributed by atoms with Crippen LogP contribution in [0.25, 0.3) is 0 Å². The summed E-state index contributed by atoms with van der Waals surface area (Å²) in [4.78, 5) is 3.84. The van der Waals surface area contributed by atoms with Gasteiger partial charge < -0.3 is 0 Å². The summed E-state index contributed by atoms with van der Waals surface area (Å²) in [6.45, 7) is 0. The fourth-order valence-electron chi connectivity index (χ4n) is 0.798. The molecule has 0 saturated heterocycles. The zero-order chi connectivity index (χ0) is 11.5. The molecular weight excluding hydrogens is 305 g/mol. The largest absolute Gasteiger partial charge is 0.246 e. The zero-order valence-electron chi connectivity index (χ0n) is 7.91. The lowest BCUT2D eigenvalue weighted by atomic mass is 10.5. The normalized spacial score (nSPS) is 11.7. The molecule has 1 heterocycles. The zero-order valence-corrected chi connectivity index (χ0v) is 11.1. The predicted molar refractivity (Wildman–Crippen MR) is 62.3 cm³/mol. The number of thioether (sulfide) groups is 1. The van der Waals surface area contributed by atoms with Crippen LogP contribution in [0.1, 0.15) is 0 Å². The van der Waals surface area contributed by atoms with Gasteiger partial charge in [-0.25, -0.2) is 17.8 Å². The molecule has 3 nitrogen and oxygen atoms in total. The van der Waals surface area contributed by atoms with Crippen LogP contribution in [0.3, 0.4) is 0 Å². The fraction of sp³-hybridized carbons (Fsp3) is 0.375. The number of nitrogens with zero attached hydrogens (tertiary/aromatic N) is 1. The van der Waals surface area contributed by atoms with E-state index in [0.29, 0.717) is 10.2 Å². The molecule has 0 N–H and O–H groups in total. The van der Waals surface area contributed by atoms with Gasteiger partial charge in [0, 0.05) is 22.7 Å². The summed E-state index contributed by atoms with van der Waals surface area (Å²) < 4.78 is 35.4. The highest BCUT2D eigenvalue weighted by Crippen LogP contribution is 2.21. The van der Waals surface area contributed by atoms with E-state index in [-0.39, 0.29) is 10.8 Å². The van der Waals surface area contributed by atoms with Gasteiger partial charge in [0.1, 0.15) is 14.9 Å². The predicted octanol–water partition coefficient (Wildman–Crippen LogP) is 2.12. The van der Waals surface area contributed by atoms with Crippen molar-refractivity contribution in [3.63, 3.8) is 0 Å². The maximum absolute atomic E-state index is 13.2. The molecular formula is C8H9BrFNO2S2. The number of sulfone groups is 1. The van der Waals surface area contributed by atoms with Gasteiger partial charge in [0.15, 0.2) is 5.82 Å². The number of halogens is 2. The molecule has 0 unspecified atom stereocenters. The van der Waals surface area contributed by atoms with Crippen LogP contribution in [0, 0.1) is 5.82 Å². The molecule has 1 aromatic rings. The molecule has 0 aliphatic carbocycles. The summed E-state index contributed by atoms with van der Waals surface area (Å²) in [6.07, 6.45) is 2.63. The van der Waals surface area contributed by atoms with Crippen LogP contribution in [0.4, 0.5) is 4.39 Å². The van der Waals surface area contributed by atoms with E-state index in [0.717, 1.165) is 18.0 Å². The van der Waals surface area contributed by atoms with E-state index in [1.165, 1.54) is 12.3 Å². The Kier molecular flexibility index (Phi) is 4.54. The topological polar surface area (TPSA) is 47.0 Å². The van der Waals surface area contributed by atoms with Crippen molar-refractivity contribution in [3.05, 3.63) is 22.6 Å². The van der Waals surface area contributed by atoms with Crippen molar-refractivity contribution < 1.29 is 12.8 Å². The first-order valence-electron chi connectivity index (χ1n) is 4.00. The van der Waals surface area contributed by atoms with Crippen LogP contribution >= 0.6 is 27.7 Å². The lowest BCUT2D eigenvalue weighted by Gasteiger charge is -2.01. The molecule has 0 radical (unpaired) electrons. The first kappa shape index (κ1) is 12.9. The third-order valence-electron chi connectivity index (χ3n) is 1.47. The molecule has 1 aromatic heterocycles. The molecule has 84 valence electrons. The maximum atomic E-state index is 13.2. The van der Waals surface area contributed by atoms with Gasteiger partial charge in [0.05, 0.1) is 5.75 Å². The van der Waals surface area contributed by atoms with E-state index in [4.69, 9.17) is 0 Å². The third-order valence-corrected chi connectivity index (χ3v) is 4.09. The van der Waals surface area contributed by atoms with E-state index >= 15 is 0 Å². The molecule has 0 amide bonds. The second kappa shape index (κ2) is 5.27. The second-order valence-corrected chi connectivity index (χ2v) is 7.18. The number of rotatable bonds is 4. The minimum atomic E-state index is -3.00. The molecule has 15 heavy (non-hydrogen) atoms. The number of aromatic nitrogens is 1. The minimum absolute atomic E-state index is 0.0227. The van der Waals surface area contributed by atoms with Gasteiger partial charge in [0.2, 0.25) is 0 Å². The van der Waals surface area contributed by atoms with Crippen LogP contribution in [-0.2, 0) is 9.84 Å². The minimum Gasteiger partial charge on any atom is -0.246 e. The second-order valence-electron chi connectivity index (χ2n) is 2.92. The summed E-state index contributed by atoms with van der Waals surface area (Å²) in [5.41, 5.74) is 0. The van der Waals surface area contributed by atoms with Crippen molar-refractivity contribution in [1.29, 1.82) is 0 Å². The highest BCUT2D eigenvalue weighted by Gasteiger charge is 2.07. The molecule has 0 aliphatic heterocycles. The SMILES string of the molecule is CS(=O)(=O)CCSc1ncc(Br)cc1F. The van der Waals surface area contributed by atoms with Crippen molar-refractivity contribution >= 4 is 37.5 Å². The Labute approximate surface area is 101 Å². The van der Waals surface area contributed by atoms with Crippen molar-refractivity contribution in [3.8, 4) is 0 Å². The lowest BCUT2D eigenvalue weighted by molar-refractivity contribution is 0.586. The molecule has 7 heteroatoms. The molecule has 0 atom stereocenters. The van der Waals surface area contributed by atoms with Gasteiger partial charge in [-0.1, -0.05) is 0 Å². The van der Waals surface area contributed by atoms with E-state index < -0.39 is 15.7 Å². The molecule has 0 saturated carbocycles. The fourth-order valence-corrected chi connectivity index (χ4v) is 3.16. The first-order chi connectivity index (χ1) is 6.88. The van der Waals surface area contributed by atoms with Crippen LogP contribution in [-0.4, -0.2) is 31.2 Å². The smallest absolute Gasteiger partial charge is 0.156 e. The summed E-state index contributed by atoms with van der Waals surface area (Å²) in [6, 6.07) is 1.30. The summed E-state index contributed by atoms with van der Waals surface area (Å²) in [7, 11) is -3.00. The van der Waals surface area contributed by atoms with Crippen molar-refractivity contribution in [1.82, 2.24) is 4.98 Å². The Bertz CT molecular complexity index is 450. The van der Waals surface area contributed by atoms with E-state index in [2.05, 4.69) is 20.9 Å². The molecule has 0 aliphatic rings. The molecule has 0 aromatic carbocycles. The Hall–Kier alpha value is -0.140. The van der Waals surface area contributed by atoms with Gasteiger partial charge in [-0.05, 0) is 22.0 Å². The lowest BCUT2D eigenvalue weighted by Crippen LogP contribution is -2.05. The number of pyridine rings is 1. The van der Waals surface area contributed by atoms with Crippen LogP contribution in [0.5, 0.6) is 0 Å². The monoisotopic (exact) mass is 313 g/mol. The molecule has 0 spiro atoms. The van der Waals surface area contributed by atoms with Crippen LogP contribution in [0.2, 0.25) is 0 Å². The Morgan fingerprint density at radius 1 is 1.60 bits per heavy atom. The van der Waals surface area contributed by atoms with Gasteiger partial charge in [0.25, 0.3) is 0 Å². The first-order valence-corrected chi connectivity index (χ1v) is 7.84. The third kappa shape index (κ3) is 4.94. The highest BCUT2D eigenvalue weighted by atomic mass is 79.9. The van der Waals surface area contributed by atoms with E-state index in [1.54, 1.807) is 0 Å². The van der Waals surface area contributed by atoms with Crippen molar-refractivity contribution in [2.75, 3.05) is 17.8 Å². The Balaban J connectivity index is 2.59. The van der Waals surface area contributed by atoms with Gasteiger partial charge in [-0.2, -0.15) is 0 Å². The Morgan fingerprint density at radius 2 is 2.27 bits per heavy atom. The Morgan fingerprint density at radius 3 is 2.80 bits per heavy atom. The summed E-state index contributed by atoms with van der Waals surface area (Å²) in [5, 5.41) is 0.224. The standard InChI is InChI=1S/C8H9BrFNO2S2/c1-15(12,13)3-2-14-8-7(10)4-6(9)5-11-8/h4-5H,2-3H2,1H3. The van der Waals surface area contributed by atoms with Crippen molar-refractivity contribution in [2.45, 2.75) is 5.03 Å². The summed E-state index contributed by atoms with van der Waals surface area (Å²) >= 11 is 4.19. The molecule has 0 bridgehead atoms. The molecule has 0 fully saturated rings. The number of hydrogen-bond donors (Lipinski definition) is 0. The van der Waals surface area contributed by atoms with E-state index in [1.807, 2.05) is 0 Å². The van der Waals surface area contributed by atoms with Gasteiger partial charge in [-0.3, -0.25) is 0 Å². The van der Waals surface area contributed by atoms with Gasteiger partial charge in [-0.15, -0.1) is 11.8 Å². The summed E-state index contributed by atoms with van der Waals surface area (Å²) in [5.74, 6) is -0.109. The average Bonchev–Trinajstić information content (AvgIpc) is 2.07. The van der Waals surface area contributed by atoms with Crippen LogP contribution < -0.4 is 0 Å². The van der Waals surface area contributed by atoms with Gasteiger partial charge >= 0.3 is 0 Å². The maximum Gasteiger partial charge on any atom is 0.156 e. The van der Waals surface area contributed by atoms with Crippen molar-refractivity contribution in [2.24, 2.45) is 0 Å².